The molecule has 1 aromatic heterocycles. The molecule has 156 valence electrons. The first-order chi connectivity index (χ1) is 14.0. The maximum absolute atomic E-state index is 14.6. The van der Waals surface area contributed by atoms with Crippen molar-refractivity contribution in [2.75, 3.05) is 18.4 Å². The van der Waals surface area contributed by atoms with Gasteiger partial charge in [0, 0.05) is 30.2 Å². The molecule has 4 rings (SSSR count). The van der Waals surface area contributed by atoms with E-state index in [4.69, 9.17) is 0 Å². The Labute approximate surface area is 169 Å². The minimum atomic E-state index is -1.28. The third-order valence-corrected chi connectivity index (χ3v) is 6.00. The Morgan fingerprint density at radius 1 is 1.14 bits per heavy atom. The largest absolute Gasteiger partial charge is 0.477 e. The number of rotatable bonds is 8. The minimum Gasteiger partial charge on any atom is -0.477 e. The number of halogens is 1. The van der Waals surface area contributed by atoms with Crippen molar-refractivity contribution in [3.8, 4) is 0 Å². The van der Waals surface area contributed by atoms with E-state index in [2.05, 4.69) is 10.6 Å². The Bertz CT molecular complexity index is 962. The highest BCUT2D eigenvalue weighted by Crippen LogP contribution is 2.37. The lowest BCUT2D eigenvalue weighted by molar-refractivity contribution is 0.0695. The first kappa shape index (κ1) is 19.9. The summed E-state index contributed by atoms with van der Waals surface area (Å²) in [6, 6.07) is 3.60. The molecule has 0 amide bonds. The Hall–Kier alpha value is -2.41. The molecule has 1 aromatic carbocycles. The molecule has 0 aliphatic heterocycles. The maximum Gasteiger partial charge on any atom is 0.341 e. The van der Waals surface area contributed by atoms with Gasteiger partial charge in [0.15, 0.2) is 0 Å². The van der Waals surface area contributed by atoms with E-state index in [0.29, 0.717) is 23.8 Å². The number of fused-ring (bicyclic) bond motifs is 1. The molecule has 0 radical (unpaired) electrons. The van der Waals surface area contributed by atoms with Gasteiger partial charge in [-0.15, -0.1) is 0 Å². The Morgan fingerprint density at radius 3 is 2.59 bits per heavy atom. The highest BCUT2D eigenvalue weighted by Gasteiger charge is 2.27. The number of pyridine rings is 1. The van der Waals surface area contributed by atoms with Crippen molar-refractivity contribution in [3.05, 3.63) is 39.9 Å². The van der Waals surface area contributed by atoms with E-state index in [0.717, 1.165) is 25.8 Å². The summed E-state index contributed by atoms with van der Waals surface area (Å²) < 4.78 is 16.4. The van der Waals surface area contributed by atoms with Crippen molar-refractivity contribution in [1.82, 2.24) is 9.88 Å². The molecule has 2 fully saturated rings. The molecule has 0 saturated heterocycles. The summed E-state index contributed by atoms with van der Waals surface area (Å²) in [6.07, 6.45) is 10.6. The molecule has 0 unspecified atom stereocenters. The van der Waals surface area contributed by atoms with Crippen LogP contribution in [0.2, 0.25) is 0 Å². The van der Waals surface area contributed by atoms with Crippen molar-refractivity contribution in [1.29, 1.82) is 0 Å². The van der Waals surface area contributed by atoms with Gasteiger partial charge in [-0.1, -0.05) is 19.3 Å². The highest BCUT2D eigenvalue weighted by molar-refractivity contribution is 5.93. The molecule has 6 nitrogen and oxygen atoms in total. The normalized spacial score (nSPS) is 17.6. The number of aromatic nitrogens is 1. The fourth-order valence-corrected chi connectivity index (χ4v) is 4.24. The van der Waals surface area contributed by atoms with E-state index in [1.165, 1.54) is 44.4 Å². The second kappa shape index (κ2) is 8.53. The molecule has 29 heavy (non-hydrogen) atoms. The van der Waals surface area contributed by atoms with Gasteiger partial charge in [-0.2, -0.15) is 0 Å². The van der Waals surface area contributed by atoms with Crippen LogP contribution in [-0.2, 0) is 0 Å². The van der Waals surface area contributed by atoms with Crippen LogP contribution in [0.25, 0.3) is 10.9 Å². The quantitative estimate of drug-likeness (QED) is 0.585. The molecule has 2 aromatic rings. The number of benzene rings is 1. The molecular formula is C22H28FN3O3. The number of carboxylic acids is 1. The molecule has 0 spiro atoms. The van der Waals surface area contributed by atoms with E-state index in [9.17, 15) is 19.1 Å². The van der Waals surface area contributed by atoms with E-state index in [-0.39, 0.29) is 17.0 Å². The Kier molecular flexibility index (Phi) is 5.85. The SMILES string of the molecule is O=C(O)c1cn(C2CC2)c2cc(NCCCNC3CCCCC3)c(F)cc2c1=O. The second-order valence-corrected chi connectivity index (χ2v) is 8.23. The molecule has 1 heterocycles. The summed E-state index contributed by atoms with van der Waals surface area (Å²) in [5.74, 6) is -1.81. The Morgan fingerprint density at radius 2 is 1.90 bits per heavy atom. The lowest BCUT2D eigenvalue weighted by atomic mass is 9.95. The van der Waals surface area contributed by atoms with Gasteiger partial charge in [-0.3, -0.25) is 4.79 Å². The van der Waals surface area contributed by atoms with Gasteiger partial charge in [0.25, 0.3) is 0 Å². The molecule has 2 aliphatic rings. The van der Waals surface area contributed by atoms with Gasteiger partial charge in [-0.25, -0.2) is 9.18 Å². The lowest BCUT2D eigenvalue weighted by Gasteiger charge is -2.22. The number of anilines is 1. The van der Waals surface area contributed by atoms with Gasteiger partial charge >= 0.3 is 5.97 Å². The summed E-state index contributed by atoms with van der Waals surface area (Å²) in [5.41, 5.74) is 0.00333. The zero-order chi connectivity index (χ0) is 20.4. The first-order valence-electron chi connectivity index (χ1n) is 10.6. The van der Waals surface area contributed by atoms with E-state index in [1.54, 1.807) is 6.07 Å². The van der Waals surface area contributed by atoms with Gasteiger partial charge in [0.05, 0.1) is 11.2 Å². The van der Waals surface area contributed by atoms with E-state index >= 15 is 0 Å². The van der Waals surface area contributed by atoms with Gasteiger partial charge in [0.2, 0.25) is 5.43 Å². The van der Waals surface area contributed by atoms with Crippen molar-refractivity contribution in [3.63, 3.8) is 0 Å². The fraction of sp³-hybridized carbons (Fsp3) is 0.545. The van der Waals surface area contributed by atoms with Crippen LogP contribution in [0.3, 0.4) is 0 Å². The van der Waals surface area contributed by atoms with Crippen molar-refractivity contribution >= 4 is 22.6 Å². The first-order valence-corrected chi connectivity index (χ1v) is 10.6. The third kappa shape index (κ3) is 4.45. The third-order valence-electron chi connectivity index (χ3n) is 6.00. The number of carboxylic acid groups (broad SMARTS) is 1. The average Bonchev–Trinajstić information content (AvgIpc) is 3.54. The predicted octanol–water partition coefficient (Wildman–Crippen LogP) is 3.90. The molecule has 3 N–H and O–H groups in total. The summed E-state index contributed by atoms with van der Waals surface area (Å²) >= 11 is 0. The summed E-state index contributed by atoms with van der Waals surface area (Å²) in [5, 5.41) is 16.1. The number of aromatic carboxylic acids is 1. The zero-order valence-electron chi connectivity index (χ0n) is 16.5. The molecule has 0 bridgehead atoms. The number of nitrogens with zero attached hydrogens (tertiary/aromatic N) is 1. The van der Waals surface area contributed by atoms with Crippen molar-refractivity contribution < 1.29 is 14.3 Å². The lowest BCUT2D eigenvalue weighted by Crippen LogP contribution is -2.32. The van der Waals surface area contributed by atoms with Crippen LogP contribution >= 0.6 is 0 Å². The monoisotopic (exact) mass is 401 g/mol. The molecule has 2 saturated carbocycles. The zero-order valence-corrected chi connectivity index (χ0v) is 16.5. The Balaban J connectivity index is 1.48. The van der Waals surface area contributed by atoms with Gasteiger partial charge in [-0.05, 0) is 50.8 Å². The minimum absolute atomic E-state index is 0.124. The average molecular weight is 401 g/mol. The molecule has 0 atom stereocenters. The predicted molar refractivity (Wildman–Crippen MR) is 111 cm³/mol. The molecular weight excluding hydrogens is 373 g/mol. The summed E-state index contributed by atoms with van der Waals surface area (Å²) in [4.78, 5) is 23.9. The summed E-state index contributed by atoms with van der Waals surface area (Å²) in [6.45, 7) is 1.52. The standard InChI is InChI=1S/C22H28FN3O3/c23-18-11-16-20(26(15-7-8-15)13-17(21(16)27)22(28)29)12-19(18)25-10-4-9-24-14-5-2-1-3-6-14/h11-15,24-25H,1-10H2,(H,28,29). The molecule has 7 heteroatoms. The highest BCUT2D eigenvalue weighted by atomic mass is 19.1. The van der Waals surface area contributed by atoms with Crippen LogP contribution in [0.15, 0.2) is 23.1 Å². The van der Waals surface area contributed by atoms with E-state index in [1.807, 2.05) is 4.57 Å². The van der Waals surface area contributed by atoms with Gasteiger partial charge in [0.1, 0.15) is 11.4 Å². The maximum atomic E-state index is 14.6. The van der Waals surface area contributed by atoms with Gasteiger partial charge < -0.3 is 20.3 Å². The summed E-state index contributed by atoms with van der Waals surface area (Å²) in [7, 11) is 0. The topological polar surface area (TPSA) is 83.4 Å². The smallest absolute Gasteiger partial charge is 0.341 e. The second-order valence-electron chi connectivity index (χ2n) is 8.23. The van der Waals surface area contributed by atoms with Crippen LogP contribution < -0.4 is 16.1 Å². The number of hydrogen-bond donors (Lipinski definition) is 3. The van der Waals surface area contributed by atoms with Crippen molar-refractivity contribution in [2.24, 2.45) is 0 Å². The van der Waals surface area contributed by atoms with E-state index < -0.39 is 17.2 Å². The van der Waals surface area contributed by atoms with Crippen LogP contribution in [-0.4, -0.2) is 34.8 Å². The molecule has 2 aliphatic carbocycles. The van der Waals surface area contributed by atoms with Crippen LogP contribution in [0.1, 0.15) is 67.8 Å². The number of carbonyl (C=O) groups is 1. The van der Waals surface area contributed by atoms with Crippen LogP contribution in [0.4, 0.5) is 10.1 Å². The number of nitrogens with one attached hydrogen (secondary N) is 2. The number of hydrogen-bond acceptors (Lipinski definition) is 4. The van der Waals surface area contributed by atoms with Crippen LogP contribution in [0.5, 0.6) is 0 Å². The van der Waals surface area contributed by atoms with Crippen molar-refractivity contribution in [2.45, 2.75) is 63.5 Å². The van der Waals surface area contributed by atoms with Crippen LogP contribution in [0, 0.1) is 5.82 Å². The fourth-order valence-electron chi connectivity index (χ4n) is 4.24.